The summed E-state index contributed by atoms with van der Waals surface area (Å²) in [6.07, 6.45) is 0.598. The number of benzene rings is 1. The Morgan fingerprint density at radius 2 is 2.20 bits per heavy atom. The van der Waals surface area contributed by atoms with Crippen LogP contribution in [-0.4, -0.2) is 38.1 Å². The minimum absolute atomic E-state index is 0.141. The molecule has 1 atom stereocenters. The van der Waals surface area contributed by atoms with Crippen LogP contribution in [0.4, 0.5) is 0 Å². The van der Waals surface area contributed by atoms with Gasteiger partial charge in [0.25, 0.3) is 5.91 Å². The second-order valence-corrected chi connectivity index (χ2v) is 4.75. The molecule has 0 bridgehead atoms. The lowest BCUT2D eigenvalue weighted by molar-refractivity contribution is -0.127. The van der Waals surface area contributed by atoms with Crippen molar-refractivity contribution in [3.05, 3.63) is 29.3 Å². The second kappa shape index (κ2) is 6.52. The van der Waals surface area contributed by atoms with Crippen LogP contribution in [0, 0.1) is 0 Å². The van der Waals surface area contributed by atoms with Crippen LogP contribution in [0.1, 0.15) is 29.3 Å². The summed E-state index contributed by atoms with van der Waals surface area (Å²) < 4.78 is 10.6. The summed E-state index contributed by atoms with van der Waals surface area (Å²) in [6.45, 7) is 2.61. The molecule has 5 nitrogen and oxygen atoms in total. The maximum Gasteiger partial charge on any atom is 0.260 e. The summed E-state index contributed by atoms with van der Waals surface area (Å²) in [7, 11) is 1.58. The molecule has 0 aromatic heterocycles. The quantitative estimate of drug-likeness (QED) is 0.797. The van der Waals surface area contributed by atoms with Crippen molar-refractivity contribution < 1.29 is 19.1 Å². The number of rotatable bonds is 6. The van der Waals surface area contributed by atoms with Gasteiger partial charge in [-0.3, -0.25) is 9.59 Å². The Balaban J connectivity index is 2.00. The zero-order valence-electron chi connectivity index (χ0n) is 11.8. The van der Waals surface area contributed by atoms with Crippen LogP contribution >= 0.6 is 0 Å². The molecule has 0 spiro atoms. The normalized spacial score (nSPS) is 14.8. The molecular weight excluding hydrogens is 258 g/mol. The molecule has 0 heterocycles. The zero-order valence-corrected chi connectivity index (χ0v) is 11.8. The van der Waals surface area contributed by atoms with Crippen molar-refractivity contribution in [3.63, 3.8) is 0 Å². The first-order chi connectivity index (χ1) is 9.63. The smallest absolute Gasteiger partial charge is 0.260 e. The summed E-state index contributed by atoms with van der Waals surface area (Å²) >= 11 is 0. The number of carbonyl (C=O) groups is 2. The summed E-state index contributed by atoms with van der Waals surface area (Å²) in [4.78, 5) is 23.5. The summed E-state index contributed by atoms with van der Waals surface area (Å²) in [5.41, 5.74) is 1.63. The molecule has 1 aliphatic carbocycles. The first-order valence-corrected chi connectivity index (χ1v) is 6.72. The van der Waals surface area contributed by atoms with E-state index < -0.39 is 6.10 Å². The second-order valence-electron chi connectivity index (χ2n) is 4.75. The van der Waals surface area contributed by atoms with E-state index in [1.807, 2.05) is 0 Å². The number of fused-ring (bicyclic) bond motifs is 1. The number of hydrogen-bond acceptors (Lipinski definition) is 4. The zero-order chi connectivity index (χ0) is 14.5. The first kappa shape index (κ1) is 14.5. The molecular formula is C15H19NO4. The fourth-order valence-electron chi connectivity index (χ4n) is 2.23. The van der Waals surface area contributed by atoms with Gasteiger partial charge < -0.3 is 14.8 Å². The third-order valence-electron chi connectivity index (χ3n) is 3.31. The average Bonchev–Trinajstić information content (AvgIpc) is 2.82. The molecule has 1 unspecified atom stereocenters. The lowest BCUT2D eigenvalue weighted by Crippen LogP contribution is -2.38. The third kappa shape index (κ3) is 3.17. The summed E-state index contributed by atoms with van der Waals surface area (Å²) in [5.74, 6) is 0.578. The van der Waals surface area contributed by atoms with Crippen molar-refractivity contribution in [2.45, 2.75) is 25.9 Å². The van der Waals surface area contributed by atoms with Gasteiger partial charge in [-0.25, -0.2) is 0 Å². The van der Waals surface area contributed by atoms with Gasteiger partial charge in [0.2, 0.25) is 0 Å². The molecule has 1 N–H and O–H groups in total. The maximum absolute atomic E-state index is 11.8. The van der Waals surface area contributed by atoms with E-state index >= 15 is 0 Å². The van der Waals surface area contributed by atoms with Crippen LogP contribution in [0.2, 0.25) is 0 Å². The van der Waals surface area contributed by atoms with Crippen molar-refractivity contribution in [3.8, 4) is 5.75 Å². The number of amides is 1. The van der Waals surface area contributed by atoms with Gasteiger partial charge in [-0.05, 0) is 19.4 Å². The van der Waals surface area contributed by atoms with E-state index in [4.69, 9.17) is 9.47 Å². The van der Waals surface area contributed by atoms with Crippen molar-refractivity contribution >= 4 is 11.7 Å². The molecule has 0 aliphatic heterocycles. The molecule has 20 heavy (non-hydrogen) atoms. The number of ether oxygens (including phenoxy) is 2. The molecule has 0 fully saturated rings. The molecule has 1 aromatic carbocycles. The van der Waals surface area contributed by atoms with E-state index in [9.17, 15) is 9.59 Å². The van der Waals surface area contributed by atoms with Gasteiger partial charge in [-0.1, -0.05) is 12.1 Å². The van der Waals surface area contributed by atoms with E-state index in [-0.39, 0.29) is 11.7 Å². The van der Waals surface area contributed by atoms with Crippen LogP contribution in [0.25, 0.3) is 0 Å². The third-order valence-corrected chi connectivity index (χ3v) is 3.31. The Hall–Kier alpha value is -1.88. The Morgan fingerprint density at radius 1 is 1.40 bits per heavy atom. The average molecular weight is 277 g/mol. The van der Waals surface area contributed by atoms with Gasteiger partial charge in [-0.2, -0.15) is 0 Å². The topological polar surface area (TPSA) is 64.6 Å². The standard InChI is InChI=1S/C15H19NO4/c1-10(15(18)16-8-9-19-2)20-14-5-3-4-11-12(14)6-7-13(11)17/h3-5,10H,6-9H2,1-2H3,(H,16,18). The molecule has 5 heteroatoms. The van der Waals surface area contributed by atoms with Crippen LogP contribution in [0.15, 0.2) is 18.2 Å². The van der Waals surface area contributed by atoms with Gasteiger partial charge in [0.15, 0.2) is 11.9 Å². The van der Waals surface area contributed by atoms with Gasteiger partial charge in [-0.15, -0.1) is 0 Å². The molecule has 0 saturated carbocycles. The molecule has 108 valence electrons. The van der Waals surface area contributed by atoms with Crippen molar-refractivity contribution in [2.24, 2.45) is 0 Å². The highest BCUT2D eigenvalue weighted by Gasteiger charge is 2.24. The SMILES string of the molecule is COCCNC(=O)C(C)Oc1cccc2c1CCC2=O. The van der Waals surface area contributed by atoms with Crippen LogP contribution in [-0.2, 0) is 16.0 Å². The monoisotopic (exact) mass is 277 g/mol. The van der Waals surface area contributed by atoms with Crippen molar-refractivity contribution in [2.75, 3.05) is 20.3 Å². The highest BCUT2D eigenvalue weighted by molar-refractivity contribution is 6.01. The lowest BCUT2D eigenvalue weighted by Gasteiger charge is -2.16. The fraction of sp³-hybridized carbons (Fsp3) is 0.467. The van der Waals surface area contributed by atoms with Crippen LogP contribution < -0.4 is 10.1 Å². The van der Waals surface area contributed by atoms with Gasteiger partial charge in [0.1, 0.15) is 5.75 Å². The molecule has 1 aromatic rings. The predicted octanol–water partition coefficient (Wildman–Crippen LogP) is 1.35. The minimum Gasteiger partial charge on any atom is -0.481 e. The van der Waals surface area contributed by atoms with Crippen LogP contribution in [0.3, 0.4) is 0 Å². The van der Waals surface area contributed by atoms with Gasteiger partial charge in [0.05, 0.1) is 6.61 Å². The highest BCUT2D eigenvalue weighted by atomic mass is 16.5. The van der Waals surface area contributed by atoms with E-state index in [1.54, 1.807) is 32.2 Å². The minimum atomic E-state index is -0.603. The van der Waals surface area contributed by atoms with Crippen molar-refractivity contribution in [1.82, 2.24) is 5.32 Å². The summed E-state index contributed by atoms with van der Waals surface area (Å²) in [6, 6.07) is 5.39. The van der Waals surface area contributed by atoms with Crippen molar-refractivity contribution in [1.29, 1.82) is 0 Å². The number of methoxy groups -OCH3 is 1. The number of ketones is 1. The highest BCUT2D eigenvalue weighted by Crippen LogP contribution is 2.30. The lowest BCUT2D eigenvalue weighted by atomic mass is 10.1. The number of carbonyl (C=O) groups excluding carboxylic acids is 2. The van der Waals surface area contributed by atoms with E-state index in [0.29, 0.717) is 31.7 Å². The van der Waals surface area contributed by atoms with E-state index in [2.05, 4.69) is 5.32 Å². The van der Waals surface area contributed by atoms with E-state index in [1.165, 1.54) is 0 Å². The fourth-order valence-corrected chi connectivity index (χ4v) is 2.23. The van der Waals surface area contributed by atoms with E-state index in [0.717, 1.165) is 11.1 Å². The maximum atomic E-state index is 11.8. The number of nitrogens with one attached hydrogen (secondary N) is 1. The molecule has 0 radical (unpaired) electrons. The Labute approximate surface area is 118 Å². The number of Topliss-reactive ketones (excluding diaryl/α,β-unsaturated/α-hetero) is 1. The first-order valence-electron chi connectivity index (χ1n) is 6.72. The largest absolute Gasteiger partial charge is 0.481 e. The molecule has 0 saturated heterocycles. The molecule has 2 rings (SSSR count). The Kier molecular flexibility index (Phi) is 4.74. The summed E-state index contributed by atoms with van der Waals surface area (Å²) in [5, 5.41) is 2.72. The predicted molar refractivity (Wildman–Crippen MR) is 74.1 cm³/mol. The number of hydrogen-bond donors (Lipinski definition) is 1. The van der Waals surface area contributed by atoms with Gasteiger partial charge in [0, 0.05) is 31.2 Å². The Bertz CT molecular complexity index is 513. The van der Waals surface area contributed by atoms with Crippen LogP contribution in [0.5, 0.6) is 5.75 Å². The van der Waals surface area contributed by atoms with Gasteiger partial charge >= 0.3 is 0 Å². The molecule has 1 aliphatic rings. The Morgan fingerprint density at radius 3 is 2.95 bits per heavy atom. The molecule has 1 amide bonds.